The largest absolute Gasteiger partial charge is 0.159 e. The Kier molecular flexibility index (Phi) is 1.79. The van der Waals surface area contributed by atoms with Crippen LogP contribution in [0.1, 0.15) is 27.2 Å². The van der Waals surface area contributed by atoms with Gasteiger partial charge in [-0.1, -0.05) is 20.8 Å². The molecule has 0 atom stereocenters. The zero-order valence-electron chi connectivity index (χ0n) is 6.76. The summed E-state index contributed by atoms with van der Waals surface area (Å²) in [5, 5.41) is 3.95. The van der Waals surface area contributed by atoms with E-state index < -0.39 is 0 Å². The third-order valence-electron chi connectivity index (χ3n) is 1.23. The Morgan fingerprint density at radius 1 is 1.40 bits per heavy atom. The highest BCUT2D eigenvalue weighted by Gasteiger charge is 2.14. The minimum absolute atomic E-state index is 0.322. The highest BCUT2D eigenvalue weighted by molar-refractivity contribution is 5.96. The Morgan fingerprint density at radius 3 is 2.50 bits per heavy atom. The minimum Gasteiger partial charge on any atom is -0.159 e. The molecule has 1 radical (unpaired) electrons. The van der Waals surface area contributed by atoms with Crippen LogP contribution in [-0.4, -0.2) is 5.71 Å². The molecule has 1 rings (SSSR count). The Hall–Kier alpha value is -0.790. The van der Waals surface area contributed by atoms with E-state index in [4.69, 9.17) is 0 Å². The Balaban J connectivity index is 2.46. The van der Waals surface area contributed by atoms with Gasteiger partial charge in [-0.05, 0) is 17.9 Å². The molecule has 55 valence electrons. The summed E-state index contributed by atoms with van der Waals surface area (Å²) in [5.74, 6) is 0. The molecule has 0 N–H and O–H groups in total. The van der Waals surface area contributed by atoms with Crippen molar-refractivity contribution < 1.29 is 0 Å². The van der Waals surface area contributed by atoms with Crippen molar-refractivity contribution in [3.63, 3.8) is 0 Å². The summed E-state index contributed by atoms with van der Waals surface area (Å²) in [5.41, 5.74) is 5.17. The Labute approximate surface area is 62.0 Å². The van der Waals surface area contributed by atoms with Crippen LogP contribution in [-0.2, 0) is 0 Å². The van der Waals surface area contributed by atoms with Crippen LogP contribution >= 0.6 is 0 Å². The van der Waals surface area contributed by atoms with Gasteiger partial charge in [0, 0.05) is 0 Å². The molecule has 10 heavy (non-hydrogen) atoms. The molecule has 2 nitrogen and oxygen atoms in total. The van der Waals surface area contributed by atoms with E-state index in [0.29, 0.717) is 5.41 Å². The second-order valence-electron chi connectivity index (χ2n) is 3.76. The molecule has 0 saturated heterocycles. The number of hydrogen-bond acceptors (Lipinski definition) is 1. The smallest absolute Gasteiger partial charge is 0.0651 e. The quantitative estimate of drug-likeness (QED) is 0.528. The van der Waals surface area contributed by atoms with Gasteiger partial charge in [0.2, 0.25) is 0 Å². The van der Waals surface area contributed by atoms with Gasteiger partial charge in [0.25, 0.3) is 0 Å². The molecule has 0 aromatic carbocycles. The fourth-order valence-corrected chi connectivity index (χ4v) is 0.898. The summed E-state index contributed by atoms with van der Waals surface area (Å²) in [7, 11) is 0. The van der Waals surface area contributed by atoms with Gasteiger partial charge < -0.3 is 0 Å². The fourth-order valence-electron chi connectivity index (χ4n) is 0.898. The van der Waals surface area contributed by atoms with Crippen LogP contribution in [0.2, 0.25) is 0 Å². The summed E-state index contributed by atoms with van der Waals surface area (Å²) in [4.78, 5) is 0. The minimum atomic E-state index is 0.322. The molecule has 0 saturated carbocycles. The average Bonchev–Trinajstić information content (AvgIpc) is 2.12. The van der Waals surface area contributed by atoms with E-state index in [1.54, 1.807) is 6.20 Å². The zero-order valence-corrected chi connectivity index (χ0v) is 6.76. The summed E-state index contributed by atoms with van der Waals surface area (Å²) >= 11 is 0. The fraction of sp³-hybridized carbons (Fsp3) is 0.625. The lowest BCUT2D eigenvalue weighted by Gasteiger charge is -2.15. The van der Waals surface area contributed by atoms with Gasteiger partial charge >= 0.3 is 0 Å². The van der Waals surface area contributed by atoms with E-state index in [9.17, 15) is 0 Å². The van der Waals surface area contributed by atoms with Gasteiger partial charge in [-0.25, -0.2) is 0 Å². The number of hydrogen-bond donors (Lipinski definition) is 0. The molecule has 1 heterocycles. The van der Waals surface area contributed by atoms with E-state index >= 15 is 0 Å². The number of allylic oxidation sites excluding steroid dienone is 1. The molecular formula is C8H13N2. The van der Waals surface area contributed by atoms with Crippen molar-refractivity contribution in [1.29, 1.82) is 0 Å². The van der Waals surface area contributed by atoms with Crippen molar-refractivity contribution in [3.8, 4) is 0 Å². The van der Waals surface area contributed by atoms with Gasteiger partial charge in [-0.15, -0.1) is 0 Å². The molecule has 0 unspecified atom stereocenters. The van der Waals surface area contributed by atoms with Crippen LogP contribution < -0.4 is 5.43 Å². The van der Waals surface area contributed by atoms with E-state index in [2.05, 4.69) is 31.3 Å². The van der Waals surface area contributed by atoms with E-state index in [1.807, 2.05) is 6.08 Å². The lowest BCUT2D eigenvalue weighted by Crippen LogP contribution is -2.10. The standard InChI is InChI=1S/C8H13N2/c1-8(2,3)6-7-4-5-9-10-7/h4-5H,6H2,1-3H3. The first-order chi connectivity index (χ1) is 4.58. The van der Waals surface area contributed by atoms with Crippen LogP contribution in [0, 0.1) is 5.41 Å². The molecular weight excluding hydrogens is 124 g/mol. The molecule has 0 amide bonds. The summed E-state index contributed by atoms with van der Waals surface area (Å²) in [6.07, 6.45) is 4.71. The van der Waals surface area contributed by atoms with Gasteiger partial charge in [-0.2, -0.15) is 10.5 Å². The highest BCUT2D eigenvalue weighted by atomic mass is 15.3. The Morgan fingerprint density at radius 2 is 2.10 bits per heavy atom. The molecule has 0 spiro atoms. The molecule has 0 fully saturated rings. The summed E-state index contributed by atoms with van der Waals surface area (Å²) < 4.78 is 0. The number of nitrogens with zero attached hydrogens (tertiary/aromatic N) is 2. The average molecular weight is 137 g/mol. The van der Waals surface area contributed by atoms with E-state index in [-0.39, 0.29) is 0 Å². The van der Waals surface area contributed by atoms with Gasteiger partial charge in [-0.3, -0.25) is 0 Å². The molecule has 0 bridgehead atoms. The van der Waals surface area contributed by atoms with Crippen molar-refractivity contribution in [2.24, 2.45) is 10.5 Å². The van der Waals surface area contributed by atoms with Gasteiger partial charge in [0.15, 0.2) is 0 Å². The maximum atomic E-state index is 3.95. The van der Waals surface area contributed by atoms with Gasteiger partial charge in [0.1, 0.15) is 0 Å². The summed E-state index contributed by atoms with van der Waals surface area (Å²) in [6, 6.07) is 0. The highest BCUT2D eigenvalue weighted by Crippen LogP contribution is 2.20. The Bertz CT molecular complexity index is 172. The normalized spacial score (nSPS) is 16.9. The van der Waals surface area contributed by atoms with Crippen LogP contribution in [0.4, 0.5) is 0 Å². The van der Waals surface area contributed by atoms with Crippen LogP contribution in [0.25, 0.3) is 0 Å². The predicted molar refractivity (Wildman–Crippen MR) is 42.8 cm³/mol. The molecule has 2 heteroatoms. The second-order valence-corrected chi connectivity index (χ2v) is 3.76. The topological polar surface area (TPSA) is 26.5 Å². The third kappa shape index (κ3) is 2.21. The first kappa shape index (κ1) is 7.32. The van der Waals surface area contributed by atoms with Crippen molar-refractivity contribution in [1.82, 2.24) is 5.43 Å². The lowest BCUT2D eigenvalue weighted by atomic mass is 9.90. The zero-order chi connectivity index (χ0) is 7.61. The van der Waals surface area contributed by atoms with Crippen molar-refractivity contribution in [2.75, 3.05) is 0 Å². The van der Waals surface area contributed by atoms with Crippen molar-refractivity contribution >= 4 is 5.71 Å². The van der Waals surface area contributed by atoms with Crippen LogP contribution in [0.15, 0.2) is 17.4 Å². The maximum Gasteiger partial charge on any atom is 0.0651 e. The summed E-state index contributed by atoms with van der Waals surface area (Å²) in [6.45, 7) is 6.59. The van der Waals surface area contributed by atoms with E-state index in [0.717, 1.165) is 12.1 Å². The first-order valence-corrected chi connectivity index (χ1v) is 3.51. The second kappa shape index (κ2) is 2.45. The molecule has 0 aromatic rings. The molecule has 1 aliphatic heterocycles. The van der Waals surface area contributed by atoms with Crippen molar-refractivity contribution in [3.05, 3.63) is 12.3 Å². The van der Waals surface area contributed by atoms with E-state index in [1.165, 1.54) is 0 Å². The molecule has 1 aliphatic rings. The van der Waals surface area contributed by atoms with Crippen molar-refractivity contribution in [2.45, 2.75) is 27.2 Å². The SMILES string of the molecule is CC(C)(C)CC1=N[N]C=C1. The third-order valence-corrected chi connectivity index (χ3v) is 1.23. The van der Waals surface area contributed by atoms with Gasteiger partial charge in [0.05, 0.1) is 11.9 Å². The van der Waals surface area contributed by atoms with Crippen LogP contribution in [0.5, 0.6) is 0 Å². The predicted octanol–water partition coefficient (Wildman–Crippen LogP) is 1.91. The monoisotopic (exact) mass is 137 g/mol. The maximum absolute atomic E-state index is 3.95. The molecule has 0 aliphatic carbocycles. The molecule has 0 aromatic heterocycles. The lowest BCUT2D eigenvalue weighted by molar-refractivity contribution is 0.434. The first-order valence-electron chi connectivity index (χ1n) is 3.51. The number of rotatable bonds is 1. The van der Waals surface area contributed by atoms with Crippen LogP contribution in [0.3, 0.4) is 0 Å².